The van der Waals surface area contributed by atoms with Crippen molar-refractivity contribution in [3.8, 4) is 0 Å². The Bertz CT molecular complexity index is 285. The molecule has 1 aromatic heterocycles. The second-order valence-electron chi connectivity index (χ2n) is 3.70. The number of nitrogens with one attached hydrogen (secondary N) is 2. The third kappa shape index (κ3) is 2.81. The van der Waals surface area contributed by atoms with Gasteiger partial charge in [0, 0.05) is 18.7 Å². The molecule has 1 aromatic rings. The maximum absolute atomic E-state index is 4.27. The van der Waals surface area contributed by atoms with E-state index in [1.54, 1.807) is 6.33 Å². The van der Waals surface area contributed by atoms with Gasteiger partial charge in [-0.15, -0.1) is 0 Å². The van der Waals surface area contributed by atoms with Crippen molar-refractivity contribution in [1.82, 2.24) is 9.97 Å². The van der Waals surface area contributed by atoms with Gasteiger partial charge in [-0.3, -0.25) is 0 Å². The van der Waals surface area contributed by atoms with Crippen molar-refractivity contribution < 1.29 is 0 Å². The van der Waals surface area contributed by atoms with Crippen LogP contribution in [-0.4, -0.2) is 23.1 Å². The first-order valence-corrected chi connectivity index (χ1v) is 5.53. The van der Waals surface area contributed by atoms with Crippen LogP contribution in [0.2, 0.25) is 0 Å². The second-order valence-corrected chi connectivity index (χ2v) is 3.70. The molecule has 0 atom stereocenters. The van der Waals surface area contributed by atoms with E-state index in [4.69, 9.17) is 0 Å². The fraction of sp³-hybridized carbons (Fsp3) is 0.636. The van der Waals surface area contributed by atoms with Crippen molar-refractivity contribution in [3.05, 3.63) is 11.9 Å². The summed E-state index contributed by atoms with van der Waals surface area (Å²) in [6.45, 7) is 10.2. The summed E-state index contributed by atoms with van der Waals surface area (Å²) < 4.78 is 0. The molecule has 0 aliphatic rings. The van der Waals surface area contributed by atoms with Crippen LogP contribution in [0.15, 0.2) is 6.33 Å². The lowest BCUT2D eigenvalue weighted by atomic mass is 10.0. The average molecular weight is 208 g/mol. The molecular weight excluding hydrogens is 188 g/mol. The maximum atomic E-state index is 4.27. The molecule has 0 aromatic carbocycles. The molecule has 0 saturated heterocycles. The number of aromatic nitrogens is 2. The SMILES string of the molecule is CCNc1ncnc(NCC)c1C(C)C. The normalized spacial score (nSPS) is 10.5. The van der Waals surface area contributed by atoms with E-state index in [2.05, 4.69) is 48.3 Å². The lowest BCUT2D eigenvalue weighted by Crippen LogP contribution is -2.10. The molecule has 84 valence electrons. The first-order chi connectivity index (χ1) is 7.20. The minimum atomic E-state index is 0.411. The highest BCUT2D eigenvalue weighted by molar-refractivity contribution is 5.58. The van der Waals surface area contributed by atoms with Gasteiger partial charge in [-0.05, 0) is 19.8 Å². The Morgan fingerprint density at radius 2 is 1.53 bits per heavy atom. The van der Waals surface area contributed by atoms with Crippen molar-refractivity contribution >= 4 is 11.6 Å². The van der Waals surface area contributed by atoms with Gasteiger partial charge in [0.1, 0.15) is 18.0 Å². The molecule has 0 amide bonds. The van der Waals surface area contributed by atoms with Crippen LogP contribution < -0.4 is 10.6 Å². The summed E-state index contributed by atoms with van der Waals surface area (Å²) in [5.41, 5.74) is 1.17. The van der Waals surface area contributed by atoms with E-state index < -0.39 is 0 Å². The summed E-state index contributed by atoms with van der Waals surface area (Å²) in [5.74, 6) is 2.30. The van der Waals surface area contributed by atoms with Gasteiger partial charge in [0.15, 0.2) is 0 Å². The topological polar surface area (TPSA) is 49.8 Å². The lowest BCUT2D eigenvalue weighted by molar-refractivity contribution is 0.845. The number of nitrogens with zero attached hydrogens (tertiary/aromatic N) is 2. The molecule has 1 heterocycles. The van der Waals surface area contributed by atoms with Gasteiger partial charge in [0.05, 0.1) is 0 Å². The Morgan fingerprint density at radius 1 is 1.07 bits per heavy atom. The highest BCUT2D eigenvalue weighted by atomic mass is 15.1. The number of rotatable bonds is 5. The standard InChI is InChI=1S/C11H20N4/c1-5-12-10-9(8(3)4)11(13-6-2)15-7-14-10/h7-8H,5-6H2,1-4H3,(H2,12,13,14,15). The van der Waals surface area contributed by atoms with E-state index >= 15 is 0 Å². The van der Waals surface area contributed by atoms with Gasteiger partial charge in [0.25, 0.3) is 0 Å². The van der Waals surface area contributed by atoms with E-state index in [0.29, 0.717) is 5.92 Å². The van der Waals surface area contributed by atoms with Crippen molar-refractivity contribution in [2.75, 3.05) is 23.7 Å². The second kappa shape index (κ2) is 5.53. The molecule has 0 spiro atoms. The molecule has 0 saturated carbocycles. The zero-order chi connectivity index (χ0) is 11.3. The third-order valence-electron chi connectivity index (χ3n) is 2.15. The van der Waals surface area contributed by atoms with Crippen LogP contribution in [0.4, 0.5) is 11.6 Å². The van der Waals surface area contributed by atoms with Crippen LogP contribution >= 0.6 is 0 Å². The summed E-state index contributed by atoms with van der Waals surface area (Å²) in [5, 5.41) is 6.53. The van der Waals surface area contributed by atoms with Crippen LogP contribution in [0.25, 0.3) is 0 Å². The zero-order valence-electron chi connectivity index (χ0n) is 9.96. The predicted molar refractivity (Wildman–Crippen MR) is 64.4 cm³/mol. The van der Waals surface area contributed by atoms with Crippen molar-refractivity contribution in [2.45, 2.75) is 33.6 Å². The lowest BCUT2D eigenvalue weighted by Gasteiger charge is -2.16. The molecule has 4 heteroatoms. The molecule has 0 aliphatic carbocycles. The summed E-state index contributed by atoms with van der Waals surface area (Å²) in [4.78, 5) is 8.54. The Hall–Kier alpha value is -1.32. The van der Waals surface area contributed by atoms with Crippen LogP contribution in [0.3, 0.4) is 0 Å². The van der Waals surface area contributed by atoms with Crippen LogP contribution in [0, 0.1) is 0 Å². The minimum absolute atomic E-state index is 0.411. The first kappa shape index (κ1) is 11.8. The first-order valence-electron chi connectivity index (χ1n) is 5.53. The van der Waals surface area contributed by atoms with Crippen molar-refractivity contribution in [3.63, 3.8) is 0 Å². The highest BCUT2D eigenvalue weighted by Gasteiger charge is 2.13. The number of hydrogen-bond acceptors (Lipinski definition) is 4. The van der Waals surface area contributed by atoms with Crippen LogP contribution in [0.5, 0.6) is 0 Å². The van der Waals surface area contributed by atoms with Gasteiger partial charge in [0.2, 0.25) is 0 Å². The maximum Gasteiger partial charge on any atom is 0.134 e. The van der Waals surface area contributed by atoms with E-state index in [-0.39, 0.29) is 0 Å². The van der Waals surface area contributed by atoms with E-state index in [1.165, 1.54) is 5.56 Å². The highest BCUT2D eigenvalue weighted by Crippen LogP contribution is 2.27. The van der Waals surface area contributed by atoms with Gasteiger partial charge in [-0.1, -0.05) is 13.8 Å². The van der Waals surface area contributed by atoms with Gasteiger partial charge < -0.3 is 10.6 Å². The zero-order valence-corrected chi connectivity index (χ0v) is 9.96. The third-order valence-corrected chi connectivity index (χ3v) is 2.15. The summed E-state index contributed by atoms with van der Waals surface area (Å²) in [7, 11) is 0. The quantitative estimate of drug-likeness (QED) is 0.780. The molecule has 0 radical (unpaired) electrons. The largest absolute Gasteiger partial charge is 0.370 e. The van der Waals surface area contributed by atoms with Crippen LogP contribution in [0.1, 0.15) is 39.2 Å². The Labute approximate surface area is 91.5 Å². The number of hydrogen-bond donors (Lipinski definition) is 2. The summed E-state index contributed by atoms with van der Waals surface area (Å²) in [6, 6.07) is 0. The molecule has 0 fully saturated rings. The van der Waals surface area contributed by atoms with Gasteiger partial charge in [-0.25, -0.2) is 9.97 Å². The molecule has 1 rings (SSSR count). The minimum Gasteiger partial charge on any atom is -0.370 e. The fourth-order valence-electron chi connectivity index (χ4n) is 1.56. The van der Waals surface area contributed by atoms with Gasteiger partial charge >= 0.3 is 0 Å². The average Bonchev–Trinajstić information content (AvgIpc) is 2.18. The molecule has 15 heavy (non-hydrogen) atoms. The van der Waals surface area contributed by atoms with E-state index in [0.717, 1.165) is 24.7 Å². The van der Waals surface area contributed by atoms with Crippen molar-refractivity contribution in [1.29, 1.82) is 0 Å². The molecule has 0 aliphatic heterocycles. The Kier molecular flexibility index (Phi) is 4.34. The van der Waals surface area contributed by atoms with Gasteiger partial charge in [-0.2, -0.15) is 0 Å². The van der Waals surface area contributed by atoms with E-state index in [1.807, 2.05) is 0 Å². The molecule has 2 N–H and O–H groups in total. The predicted octanol–water partition coefficient (Wildman–Crippen LogP) is 2.46. The fourth-order valence-corrected chi connectivity index (χ4v) is 1.56. The Balaban J connectivity index is 3.09. The number of anilines is 2. The van der Waals surface area contributed by atoms with Crippen molar-refractivity contribution in [2.24, 2.45) is 0 Å². The smallest absolute Gasteiger partial charge is 0.134 e. The molecule has 4 nitrogen and oxygen atoms in total. The molecule has 0 bridgehead atoms. The van der Waals surface area contributed by atoms with Crippen LogP contribution in [-0.2, 0) is 0 Å². The molecule has 0 unspecified atom stereocenters. The summed E-state index contributed by atoms with van der Waals surface area (Å²) in [6.07, 6.45) is 1.60. The summed E-state index contributed by atoms with van der Waals surface area (Å²) >= 11 is 0. The Morgan fingerprint density at radius 3 is 1.87 bits per heavy atom. The monoisotopic (exact) mass is 208 g/mol. The molecular formula is C11H20N4. The van der Waals surface area contributed by atoms with E-state index in [9.17, 15) is 0 Å².